The van der Waals surface area contributed by atoms with Gasteiger partial charge in [0.2, 0.25) is 11.8 Å². The highest BCUT2D eigenvalue weighted by Crippen LogP contribution is 2.26. The van der Waals surface area contributed by atoms with E-state index in [1.165, 1.54) is 0 Å². The van der Waals surface area contributed by atoms with Crippen LogP contribution < -0.4 is 16.0 Å². The lowest BCUT2D eigenvalue weighted by atomic mass is 10.0. The zero-order chi connectivity index (χ0) is 14.5. The molecule has 5 nitrogen and oxygen atoms in total. The van der Waals surface area contributed by atoms with E-state index in [1.807, 2.05) is 32.2 Å². The SMILES string of the molecule is CNCCCC(=O)NC(C)c1ccc2c(c1)CC(=O)N2.Cl. The molecule has 1 aliphatic heterocycles. The van der Waals surface area contributed by atoms with Crippen molar-refractivity contribution in [2.75, 3.05) is 18.9 Å². The minimum absolute atomic E-state index is 0. The second-order valence-electron chi connectivity index (χ2n) is 5.14. The van der Waals surface area contributed by atoms with Crippen molar-refractivity contribution in [1.82, 2.24) is 10.6 Å². The summed E-state index contributed by atoms with van der Waals surface area (Å²) in [5.41, 5.74) is 2.91. The van der Waals surface area contributed by atoms with Crippen LogP contribution in [0, 0.1) is 0 Å². The predicted octanol–water partition coefficient (Wildman–Crippen LogP) is 1.78. The average molecular weight is 312 g/mol. The van der Waals surface area contributed by atoms with Gasteiger partial charge in [-0.05, 0) is 44.1 Å². The molecule has 1 atom stereocenters. The molecule has 6 heteroatoms. The third-order valence-electron chi connectivity index (χ3n) is 3.46. The molecule has 1 aliphatic rings. The van der Waals surface area contributed by atoms with E-state index in [2.05, 4.69) is 16.0 Å². The summed E-state index contributed by atoms with van der Waals surface area (Å²) in [6.45, 7) is 2.80. The number of rotatable bonds is 6. The first-order valence-electron chi connectivity index (χ1n) is 6.97. The van der Waals surface area contributed by atoms with Crippen LogP contribution >= 0.6 is 12.4 Å². The predicted molar refractivity (Wildman–Crippen MR) is 85.7 cm³/mol. The molecule has 2 rings (SSSR count). The van der Waals surface area contributed by atoms with Gasteiger partial charge in [-0.25, -0.2) is 0 Å². The zero-order valence-electron chi connectivity index (χ0n) is 12.4. The number of benzene rings is 1. The fourth-order valence-corrected chi connectivity index (χ4v) is 2.34. The molecule has 0 saturated heterocycles. The number of anilines is 1. The van der Waals surface area contributed by atoms with Crippen molar-refractivity contribution in [3.8, 4) is 0 Å². The minimum Gasteiger partial charge on any atom is -0.350 e. The number of hydrogen-bond acceptors (Lipinski definition) is 3. The highest BCUT2D eigenvalue weighted by molar-refractivity contribution is 5.99. The van der Waals surface area contributed by atoms with Crippen molar-refractivity contribution in [3.05, 3.63) is 29.3 Å². The van der Waals surface area contributed by atoms with Gasteiger partial charge in [-0.3, -0.25) is 9.59 Å². The van der Waals surface area contributed by atoms with Crippen molar-refractivity contribution in [1.29, 1.82) is 0 Å². The van der Waals surface area contributed by atoms with Gasteiger partial charge in [0.25, 0.3) is 0 Å². The molecule has 21 heavy (non-hydrogen) atoms. The van der Waals surface area contributed by atoms with E-state index in [9.17, 15) is 9.59 Å². The fraction of sp³-hybridized carbons (Fsp3) is 0.467. The fourth-order valence-electron chi connectivity index (χ4n) is 2.34. The van der Waals surface area contributed by atoms with Crippen LogP contribution in [-0.2, 0) is 16.0 Å². The van der Waals surface area contributed by atoms with Gasteiger partial charge in [0.05, 0.1) is 12.5 Å². The van der Waals surface area contributed by atoms with Gasteiger partial charge >= 0.3 is 0 Å². The van der Waals surface area contributed by atoms with Crippen molar-refractivity contribution < 1.29 is 9.59 Å². The quantitative estimate of drug-likeness (QED) is 0.701. The number of carbonyl (C=O) groups is 2. The van der Waals surface area contributed by atoms with E-state index in [-0.39, 0.29) is 30.3 Å². The maximum atomic E-state index is 11.8. The zero-order valence-corrected chi connectivity index (χ0v) is 13.2. The Morgan fingerprint density at radius 1 is 1.43 bits per heavy atom. The summed E-state index contributed by atoms with van der Waals surface area (Å²) in [4.78, 5) is 23.1. The van der Waals surface area contributed by atoms with Crippen molar-refractivity contribution in [2.45, 2.75) is 32.2 Å². The first kappa shape index (κ1) is 17.5. The van der Waals surface area contributed by atoms with E-state index in [1.54, 1.807) is 0 Å². The van der Waals surface area contributed by atoms with Gasteiger partial charge < -0.3 is 16.0 Å². The van der Waals surface area contributed by atoms with Crippen LogP contribution in [0.5, 0.6) is 0 Å². The molecule has 2 amide bonds. The summed E-state index contributed by atoms with van der Waals surface area (Å²) in [6.07, 6.45) is 1.78. The molecule has 0 spiro atoms. The molecule has 0 saturated carbocycles. The monoisotopic (exact) mass is 311 g/mol. The molecule has 1 unspecified atom stereocenters. The number of amides is 2. The van der Waals surface area contributed by atoms with Crippen molar-refractivity contribution >= 4 is 29.9 Å². The lowest BCUT2D eigenvalue weighted by Crippen LogP contribution is -2.27. The van der Waals surface area contributed by atoms with Crippen LogP contribution in [0.15, 0.2) is 18.2 Å². The summed E-state index contributed by atoms with van der Waals surface area (Å²) in [7, 11) is 1.88. The highest BCUT2D eigenvalue weighted by Gasteiger charge is 2.19. The molecule has 0 bridgehead atoms. The lowest BCUT2D eigenvalue weighted by molar-refractivity contribution is -0.121. The lowest BCUT2D eigenvalue weighted by Gasteiger charge is -2.15. The topological polar surface area (TPSA) is 70.2 Å². The van der Waals surface area contributed by atoms with Crippen LogP contribution in [-0.4, -0.2) is 25.4 Å². The molecule has 0 aliphatic carbocycles. The summed E-state index contributed by atoms with van der Waals surface area (Å²) in [6, 6.07) is 5.80. The van der Waals surface area contributed by atoms with Crippen LogP contribution in [0.3, 0.4) is 0 Å². The number of halogens is 1. The van der Waals surface area contributed by atoms with Crippen molar-refractivity contribution in [2.24, 2.45) is 0 Å². The maximum absolute atomic E-state index is 11.8. The molecule has 0 radical (unpaired) electrons. The smallest absolute Gasteiger partial charge is 0.228 e. The minimum atomic E-state index is -0.0434. The van der Waals surface area contributed by atoms with E-state index in [4.69, 9.17) is 0 Å². The van der Waals surface area contributed by atoms with Gasteiger partial charge in [-0.15, -0.1) is 12.4 Å². The molecule has 0 fully saturated rings. The molecule has 1 aromatic rings. The number of hydrogen-bond donors (Lipinski definition) is 3. The van der Waals surface area contributed by atoms with Gasteiger partial charge in [0, 0.05) is 12.1 Å². The Morgan fingerprint density at radius 3 is 2.90 bits per heavy atom. The second-order valence-corrected chi connectivity index (χ2v) is 5.14. The second kappa shape index (κ2) is 8.00. The Balaban J connectivity index is 0.00000220. The van der Waals surface area contributed by atoms with E-state index in [0.29, 0.717) is 12.8 Å². The summed E-state index contributed by atoms with van der Waals surface area (Å²) < 4.78 is 0. The Morgan fingerprint density at radius 2 is 2.19 bits per heavy atom. The first-order valence-corrected chi connectivity index (χ1v) is 6.97. The first-order chi connectivity index (χ1) is 9.60. The van der Waals surface area contributed by atoms with Gasteiger partial charge in [0.15, 0.2) is 0 Å². The van der Waals surface area contributed by atoms with Gasteiger partial charge in [-0.1, -0.05) is 12.1 Å². The van der Waals surface area contributed by atoms with Crippen LogP contribution in [0.25, 0.3) is 0 Å². The third-order valence-corrected chi connectivity index (χ3v) is 3.46. The van der Waals surface area contributed by atoms with Crippen molar-refractivity contribution in [3.63, 3.8) is 0 Å². The van der Waals surface area contributed by atoms with Crippen LogP contribution in [0.4, 0.5) is 5.69 Å². The molecule has 116 valence electrons. The Bertz CT molecular complexity index is 520. The summed E-state index contributed by atoms with van der Waals surface area (Å²) in [5, 5.41) is 8.81. The normalized spacial score (nSPS) is 13.9. The number of fused-ring (bicyclic) bond motifs is 1. The Hall–Kier alpha value is -1.59. The molecule has 3 N–H and O–H groups in total. The van der Waals surface area contributed by atoms with Crippen LogP contribution in [0.1, 0.15) is 36.9 Å². The average Bonchev–Trinajstić information content (AvgIpc) is 2.77. The largest absolute Gasteiger partial charge is 0.350 e. The van der Waals surface area contributed by atoms with E-state index < -0.39 is 0 Å². The maximum Gasteiger partial charge on any atom is 0.228 e. The summed E-state index contributed by atoms with van der Waals surface area (Å²) in [5.74, 6) is 0.0864. The molecule has 1 aromatic carbocycles. The molecular formula is C15H22ClN3O2. The molecular weight excluding hydrogens is 290 g/mol. The standard InChI is InChI=1S/C15H21N3O2.ClH/c1-10(17-14(19)4-3-7-16-2)11-5-6-13-12(8-11)9-15(20)18-13;/h5-6,8,10,16H,3-4,7,9H2,1-2H3,(H,17,19)(H,18,20);1H. The number of carbonyl (C=O) groups excluding carboxylic acids is 2. The third kappa shape index (κ3) is 4.72. The Labute approximate surface area is 131 Å². The Kier molecular flexibility index (Phi) is 6.65. The summed E-state index contributed by atoms with van der Waals surface area (Å²) >= 11 is 0. The molecule has 1 heterocycles. The van der Waals surface area contributed by atoms with Crippen LogP contribution in [0.2, 0.25) is 0 Å². The van der Waals surface area contributed by atoms with E-state index >= 15 is 0 Å². The number of nitrogens with one attached hydrogen (secondary N) is 3. The van der Waals surface area contributed by atoms with Gasteiger partial charge in [0.1, 0.15) is 0 Å². The highest BCUT2D eigenvalue weighted by atomic mass is 35.5. The molecule has 0 aromatic heterocycles. The van der Waals surface area contributed by atoms with Gasteiger partial charge in [-0.2, -0.15) is 0 Å². The van der Waals surface area contributed by atoms with E-state index in [0.717, 1.165) is 29.8 Å².